The van der Waals surface area contributed by atoms with Gasteiger partial charge in [-0.1, -0.05) is 6.07 Å². The second-order valence-corrected chi connectivity index (χ2v) is 6.43. The van der Waals surface area contributed by atoms with E-state index in [-0.39, 0.29) is 6.61 Å². The Morgan fingerprint density at radius 3 is 2.70 bits per heavy atom. The van der Waals surface area contributed by atoms with Gasteiger partial charge in [0.15, 0.2) is 0 Å². The van der Waals surface area contributed by atoms with Crippen LogP contribution in [0.4, 0.5) is 5.69 Å². The summed E-state index contributed by atoms with van der Waals surface area (Å²) in [5.74, 6) is 0. The van der Waals surface area contributed by atoms with Gasteiger partial charge in [0.05, 0.1) is 5.69 Å². The minimum atomic E-state index is 0.260. The summed E-state index contributed by atoms with van der Waals surface area (Å²) in [6.45, 7) is 3.35. The molecule has 1 unspecified atom stereocenters. The summed E-state index contributed by atoms with van der Waals surface area (Å²) in [5.41, 5.74) is 2.55. The first-order valence-electron chi connectivity index (χ1n) is 7.51. The molecule has 0 saturated heterocycles. The Morgan fingerprint density at radius 2 is 2.20 bits per heavy atom. The molecule has 0 spiro atoms. The number of nitrogens with one attached hydrogen (secondary N) is 1. The lowest BCUT2D eigenvalue weighted by Crippen LogP contribution is -2.41. The van der Waals surface area contributed by atoms with Crippen molar-refractivity contribution in [1.29, 1.82) is 0 Å². The van der Waals surface area contributed by atoms with E-state index in [0.717, 1.165) is 17.4 Å². The summed E-state index contributed by atoms with van der Waals surface area (Å²) in [4.78, 5) is 2.46. The molecule has 1 atom stereocenters. The Kier molecular flexibility index (Phi) is 5.87. The molecule has 0 aliphatic heterocycles. The number of benzene rings is 1. The van der Waals surface area contributed by atoms with Crippen LogP contribution in [0.2, 0.25) is 0 Å². The number of nitrogens with zero attached hydrogens (tertiary/aromatic N) is 1. The maximum absolute atomic E-state index is 9.11. The summed E-state index contributed by atoms with van der Waals surface area (Å²) in [7, 11) is 1.98. The zero-order valence-electron chi connectivity index (χ0n) is 12.4. The highest BCUT2D eigenvalue weighted by molar-refractivity contribution is 9.10. The average Bonchev–Trinajstić information content (AvgIpc) is 2.40. The predicted octanol–water partition coefficient (Wildman–Crippen LogP) is 3.47. The van der Waals surface area contributed by atoms with E-state index in [4.69, 9.17) is 5.11 Å². The van der Waals surface area contributed by atoms with Gasteiger partial charge in [-0.3, -0.25) is 0 Å². The highest BCUT2D eigenvalue weighted by Crippen LogP contribution is 2.35. The summed E-state index contributed by atoms with van der Waals surface area (Å²) in [5, 5.41) is 12.4. The number of halogens is 1. The van der Waals surface area contributed by atoms with Crippen LogP contribution in [-0.4, -0.2) is 31.3 Å². The van der Waals surface area contributed by atoms with Crippen LogP contribution >= 0.6 is 15.9 Å². The van der Waals surface area contributed by atoms with E-state index in [2.05, 4.69) is 51.3 Å². The number of aliphatic hydroxyl groups excluding tert-OH is 1. The molecule has 1 fully saturated rings. The Bertz CT molecular complexity index is 434. The lowest BCUT2D eigenvalue weighted by atomic mass is 9.90. The Balaban J connectivity index is 2.19. The fraction of sp³-hybridized carbons (Fsp3) is 0.625. The van der Waals surface area contributed by atoms with Crippen molar-refractivity contribution in [2.75, 3.05) is 25.1 Å². The molecule has 1 saturated carbocycles. The van der Waals surface area contributed by atoms with Gasteiger partial charge in [-0.15, -0.1) is 0 Å². The van der Waals surface area contributed by atoms with E-state index in [1.54, 1.807) is 0 Å². The van der Waals surface area contributed by atoms with Crippen molar-refractivity contribution in [3.8, 4) is 0 Å². The molecule has 0 heterocycles. The molecule has 112 valence electrons. The van der Waals surface area contributed by atoms with Crippen LogP contribution in [0.5, 0.6) is 0 Å². The van der Waals surface area contributed by atoms with Gasteiger partial charge in [-0.2, -0.15) is 0 Å². The summed E-state index contributed by atoms with van der Waals surface area (Å²) in [6.07, 6.45) is 4.70. The third-order valence-electron chi connectivity index (χ3n) is 4.29. The Labute approximate surface area is 130 Å². The molecule has 1 aliphatic carbocycles. The molecule has 0 radical (unpaired) electrons. The molecule has 0 amide bonds. The number of anilines is 1. The average molecular weight is 341 g/mol. The topological polar surface area (TPSA) is 35.5 Å². The van der Waals surface area contributed by atoms with E-state index in [0.29, 0.717) is 12.1 Å². The molecule has 0 bridgehead atoms. The van der Waals surface area contributed by atoms with Crippen LogP contribution in [0.1, 0.15) is 44.2 Å². The van der Waals surface area contributed by atoms with E-state index in [1.807, 2.05) is 7.05 Å². The second-order valence-electron chi connectivity index (χ2n) is 5.58. The SMILES string of the molecule is CNC(C)c1ccc(N(CCCO)C2CCC2)c(Br)c1. The predicted molar refractivity (Wildman–Crippen MR) is 88.3 cm³/mol. The molecular weight excluding hydrogens is 316 g/mol. The third kappa shape index (κ3) is 3.54. The quantitative estimate of drug-likeness (QED) is 0.797. The monoisotopic (exact) mass is 340 g/mol. The first-order chi connectivity index (χ1) is 9.67. The highest BCUT2D eigenvalue weighted by Gasteiger charge is 2.26. The minimum Gasteiger partial charge on any atom is -0.396 e. The van der Waals surface area contributed by atoms with Crippen molar-refractivity contribution in [2.24, 2.45) is 0 Å². The standard InChI is InChI=1S/C16H25BrN2O/c1-12(18-2)13-7-8-16(15(17)11-13)19(9-4-10-20)14-5-3-6-14/h7-8,11-12,14,18,20H,3-6,9-10H2,1-2H3. The van der Waals surface area contributed by atoms with Crippen LogP contribution < -0.4 is 10.2 Å². The van der Waals surface area contributed by atoms with Crippen LogP contribution in [0.3, 0.4) is 0 Å². The molecule has 3 nitrogen and oxygen atoms in total. The van der Waals surface area contributed by atoms with Gasteiger partial charge in [0, 0.05) is 29.7 Å². The zero-order valence-corrected chi connectivity index (χ0v) is 14.0. The highest BCUT2D eigenvalue weighted by atomic mass is 79.9. The maximum Gasteiger partial charge on any atom is 0.0513 e. The number of hydrogen-bond acceptors (Lipinski definition) is 3. The Hall–Kier alpha value is -0.580. The van der Waals surface area contributed by atoms with Crippen LogP contribution in [0, 0.1) is 0 Å². The van der Waals surface area contributed by atoms with E-state index < -0.39 is 0 Å². The third-order valence-corrected chi connectivity index (χ3v) is 4.92. The van der Waals surface area contributed by atoms with Crippen molar-refractivity contribution >= 4 is 21.6 Å². The van der Waals surface area contributed by atoms with Gasteiger partial charge in [0.2, 0.25) is 0 Å². The van der Waals surface area contributed by atoms with Gasteiger partial charge < -0.3 is 15.3 Å². The van der Waals surface area contributed by atoms with E-state index in [1.165, 1.54) is 30.5 Å². The lowest BCUT2D eigenvalue weighted by Gasteiger charge is -2.40. The summed E-state index contributed by atoms with van der Waals surface area (Å²) < 4.78 is 1.15. The zero-order chi connectivity index (χ0) is 14.5. The van der Waals surface area contributed by atoms with E-state index in [9.17, 15) is 0 Å². The molecule has 2 rings (SSSR count). The largest absolute Gasteiger partial charge is 0.396 e. The molecule has 1 aliphatic rings. The first-order valence-corrected chi connectivity index (χ1v) is 8.31. The van der Waals surface area contributed by atoms with Crippen LogP contribution in [0.15, 0.2) is 22.7 Å². The molecule has 0 aromatic heterocycles. The number of hydrogen-bond donors (Lipinski definition) is 2. The summed E-state index contributed by atoms with van der Waals surface area (Å²) in [6, 6.07) is 7.62. The van der Waals surface area contributed by atoms with Crippen LogP contribution in [-0.2, 0) is 0 Å². The van der Waals surface area contributed by atoms with Gasteiger partial charge in [0.25, 0.3) is 0 Å². The van der Waals surface area contributed by atoms with Gasteiger partial charge in [-0.05, 0) is 73.3 Å². The molecule has 1 aromatic carbocycles. The van der Waals surface area contributed by atoms with Crippen LogP contribution in [0.25, 0.3) is 0 Å². The van der Waals surface area contributed by atoms with Crippen molar-refractivity contribution in [1.82, 2.24) is 5.32 Å². The van der Waals surface area contributed by atoms with E-state index >= 15 is 0 Å². The second kappa shape index (κ2) is 7.43. The van der Waals surface area contributed by atoms with Crippen molar-refractivity contribution in [3.05, 3.63) is 28.2 Å². The van der Waals surface area contributed by atoms with Gasteiger partial charge in [0.1, 0.15) is 0 Å². The number of rotatable bonds is 7. The van der Waals surface area contributed by atoms with Gasteiger partial charge in [-0.25, -0.2) is 0 Å². The fourth-order valence-electron chi connectivity index (χ4n) is 2.63. The summed E-state index contributed by atoms with van der Waals surface area (Å²) >= 11 is 3.73. The molecule has 1 aromatic rings. The molecular formula is C16H25BrN2O. The normalized spacial score (nSPS) is 16.8. The molecule has 4 heteroatoms. The Morgan fingerprint density at radius 1 is 1.45 bits per heavy atom. The smallest absolute Gasteiger partial charge is 0.0513 e. The van der Waals surface area contributed by atoms with Crippen molar-refractivity contribution in [3.63, 3.8) is 0 Å². The maximum atomic E-state index is 9.11. The first kappa shape index (κ1) is 15.8. The lowest BCUT2D eigenvalue weighted by molar-refractivity contribution is 0.283. The molecule has 20 heavy (non-hydrogen) atoms. The number of aliphatic hydroxyl groups is 1. The minimum absolute atomic E-state index is 0.260. The van der Waals surface area contributed by atoms with Gasteiger partial charge >= 0.3 is 0 Å². The fourth-order valence-corrected chi connectivity index (χ4v) is 3.26. The van der Waals surface area contributed by atoms with Crippen molar-refractivity contribution in [2.45, 2.75) is 44.7 Å². The molecule has 2 N–H and O–H groups in total. The van der Waals surface area contributed by atoms with Crippen molar-refractivity contribution < 1.29 is 5.11 Å².